The molecule has 0 aromatic heterocycles. The second-order valence-electron chi connectivity index (χ2n) is 3.40. The summed E-state index contributed by atoms with van der Waals surface area (Å²) < 4.78 is 0. The molecule has 1 N–H and O–H groups in total. The topological polar surface area (TPSA) is 49.4 Å². The lowest BCUT2D eigenvalue weighted by Crippen LogP contribution is -2.43. The van der Waals surface area contributed by atoms with Crippen LogP contribution in [-0.4, -0.2) is 23.4 Å². The van der Waals surface area contributed by atoms with E-state index < -0.39 is 0 Å². The monoisotopic (exact) mass is 182 g/mol. The van der Waals surface area contributed by atoms with Crippen molar-refractivity contribution in [3.05, 3.63) is 12.2 Å². The number of hydrogen-bond acceptors (Lipinski definition) is 2. The Kier molecular flexibility index (Phi) is 2.70. The summed E-state index contributed by atoms with van der Waals surface area (Å²) in [5, 5.41) is 1.36. The molecule has 2 amide bonds. The number of carbonyl (C=O) groups excluding carboxylic acids is 2. The highest BCUT2D eigenvalue weighted by Crippen LogP contribution is 2.14. The van der Waals surface area contributed by atoms with Crippen molar-refractivity contribution in [2.24, 2.45) is 5.92 Å². The van der Waals surface area contributed by atoms with Gasteiger partial charge in [-0.2, -0.15) is 0 Å². The first-order chi connectivity index (χ1) is 6.02. The van der Waals surface area contributed by atoms with Crippen molar-refractivity contribution >= 4 is 11.8 Å². The molecule has 0 saturated carbocycles. The minimum atomic E-state index is -0.289. The van der Waals surface area contributed by atoms with Crippen LogP contribution in [0.3, 0.4) is 0 Å². The summed E-state index contributed by atoms with van der Waals surface area (Å²) in [6.45, 7) is 7.55. The summed E-state index contributed by atoms with van der Waals surface area (Å²) in [4.78, 5) is 22.5. The van der Waals surface area contributed by atoms with E-state index in [0.29, 0.717) is 12.1 Å². The van der Waals surface area contributed by atoms with Crippen LogP contribution < -0.4 is 5.43 Å². The standard InChI is InChI=1S/C9H14N2O2/c1-6(2)8(12)10-11-5-4-7(3)9(11)13/h7H,1,4-5H2,2-3H3,(H,10,12). The van der Waals surface area contributed by atoms with E-state index in [4.69, 9.17) is 0 Å². The summed E-state index contributed by atoms with van der Waals surface area (Å²) in [7, 11) is 0. The van der Waals surface area contributed by atoms with Crippen LogP contribution in [-0.2, 0) is 9.59 Å². The van der Waals surface area contributed by atoms with Crippen LogP contribution in [0, 0.1) is 5.92 Å². The van der Waals surface area contributed by atoms with Crippen LogP contribution >= 0.6 is 0 Å². The Hall–Kier alpha value is -1.32. The molecule has 0 radical (unpaired) electrons. The van der Waals surface area contributed by atoms with Gasteiger partial charge < -0.3 is 0 Å². The van der Waals surface area contributed by atoms with E-state index in [1.54, 1.807) is 6.92 Å². The fraction of sp³-hybridized carbons (Fsp3) is 0.556. The molecule has 1 fully saturated rings. The van der Waals surface area contributed by atoms with Crippen molar-refractivity contribution in [1.29, 1.82) is 0 Å². The van der Waals surface area contributed by atoms with Crippen LogP contribution in [0.25, 0.3) is 0 Å². The van der Waals surface area contributed by atoms with E-state index in [1.807, 2.05) is 6.92 Å². The molecule has 1 heterocycles. The van der Waals surface area contributed by atoms with Gasteiger partial charge >= 0.3 is 0 Å². The number of amides is 2. The van der Waals surface area contributed by atoms with Crippen LogP contribution in [0.4, 0.5) is 0 Å². The Morgan fingerprint density at radius 1 is 1.69 bits per heavy atom. The highest BCUT2D eigenvalue weighted by Gasteiger charge is 2.28. The number of hydrazine groups is 1. The average molecular weight is 182 g/mol. The van der Waals surface area contributed by atoms with Gasteiger partial charge in [0, 0.05) is 18.0 Å². The first-order valence-corrected chi connectivity index (χ1v) is 4.30. The Morgan fingerprint density at radius 2 is 2.31 bits per heavy atom. The molecule has 72 valence electrons. The summed E-state index contributed by atoms with van der Waals surface area (Å²) >= 11 is 0. The van der Waals surface area contributed by atoms with Gasteiger partial charge in [-0.3, -0.25) is 20.0 Å². The lowest BCUT2D eigenvalue weighted by atomic mass is 10.1. The molecule has 1 atom stereocenters. The minimum Gasteiger partial charge on any atom is -0.273 e. The van der Waals surface area contributed by atoms with E-state index >= 15 is 0 Å². The van der Waals surface area contributed by atoms with Gasteiger partial charge in [-0.25, -0.2) is 0 Å². The maximum Gasteiger partial charge on any atom is 0.264 e. The largest absolute Gasteiger partial charge is 0.273 e. The molecular formula is C9H14N2O2. The molecule has 1 aliphatic rings. The second kappa shape index (κ2) is 3.60. The van der Waals surface area contributed by atoms with Crippen molar-refractivity contribution < 1.29 is 9.59 Å². The van der Waals surface area contributed by atoms with Crippen molar-refractivity contribution in [2.75, 3.05) is 6.54 Å². The maximum absolute atomic E-state index is 11.3. The minimum absolute atomic E-state index is 0.0189. The quantitative estimate of drug-likeness (QED) is 0.631. The van der Waals surface area contributed by atoms with Crippen LogP contribution in [0.2, 0.25) is 0 Å². The molecule has 1 aliphatic heterocycles. The van der Waals surface area contributed by atoms with Gasteiger partial charge in [0.2, 0.25) is 5.91 Å². The lowest BCUT2D eigenvalue weighted by Gasteiger charge is -2.16. The van der Waals surface area contributed by atoms with E-state index in [9.17, 15) is 9.59 Å². The predicted octanol–water partition coefficient (Wildman–Crippen LogP) is 0.462. The molecular weight excluding hydrogens is 168 g/mol. The summed E-state index contributed by atoms with van der Waals surface area (Å²) in [6.07, 6.45) is 0.801. The number of nitrogens with one attached hydrogen (secondary N) is 1. The van der Waals surface area contributed by atoms with E-state index in [2.05, 4.69) is 12.0 Å². The molecule has 0 aromatic rings. The smallest absolute Gasteiger partial charge is 0.264 e. The van der Waals surface area contributed by atoms with Crippen LogP contribution in [0.1, 0.15) is 20.3 Å². The molecule has 4 nitrogen and oxygen atoms in total. The van der Waals surface area contributed by atoms with Gasteiger partial charge in [0.15, 0.2) is 0 Å². The van der Waals surface area contributed by atoms with Crippen LogP contribution in [0.5, 0.6) is 0 Å². The van der Waals surface area contributed by atoms with Crippen LogP contribution in [0.15, 0.2) is 12.2 Å². The molecule has 0 bridgehead atoms. The van der Waals surface area contributed by atoms with Crippen molar-refractivity contribution in [2.45, 2.75) is 20.3 Å². The molecule has 0 aliphatic carbocycles. The van der Waals surface area contributed by atoms with Gasteiger partial charge in [-0.1, -0.05) is 13.5 Å². The zero-order valence-electron chi connectivity index (χ0n) is 7.96. The summed E-state index contributed by atoms with van der Waals surface area (Å²) in [5.41, 5.74) is 2.91. The molecule has 1 saturated heterocycles. The normalized spacial score (nSPS) is 21.8. The highest BCUT2D eigenvalue weighted by molar-refractivity contribution is 5.94. The number of hydrogen-bond donors (Lipinski definition) is 1. The number of nitrogens with zero attached hydrogens (tertiary/aromatic N) is 1. The zero-order chi connectivity index (χ0) is 10.0. The third-order valence-electron chi connectivity index (χ3n) is 2.10. The van der Waals surface area contributed by atoms with Gasteiger partial charge in [0.05, 0.1) is 0 Å². The van der Waals surface area contributed by atoms with E-state index in [1.165, 1.54) is 5.01 Å². The first kappa shape index (κ1) is 9.77. The zero-order valence-corrected chi connectivity index (χ0v) is 7.96. The average Bonchev–Trinajstić information content (AvgIpc) is 2.36. The fourth-order valence-corrected chi connectivity index (χ4v) is 1.15. The molecule has 0 aromatic carbocycles. The fourth-order valence-electron chi connectivity index (χ4n) is 1.15. The highest BCUT2D eigenvalue weighted by atomic mass is 16.2. The van der Waals surface area contributed by atoms with Crippen molar-refractivity contribution in [3.8, 4) is 0 Å². The number of rotatable bonds is 2. The first-order valence-electron chi connectivity index (χ1n) is 4.30. The molecule has 13 heavy (non-hydrogen) atoms. The number of carbonyl (C=O) groups is 2. The SMILES string of the molecule is C=C(C)C(=O)NN1CCC(C)C1=O. The maximum atomic E-state index is 11.3. The lowest BCUT2D eigenvalue weighted by molar-refractivity contribution is -0.138. The summed E-state index contributed by atoms with van der Waals surface area (Å²) in [5.74, 6) is -0.289. The summed E-state index contributed by atoms with van der Waals surface area (Å²) in [6, 6.07) is 0. The Morgan fingerprint density at radius 3 is 2.69 bits per heavy atom. The third-order valence-corrected chi connectivity index (χ3v) is 2.10. The predicted molar refractivity (Wildman–Crippen MR) is 48.5 cm³/mol. The van der Waals surface area contributed by atoms with Gasteiger partial charge in [0.1, 0.15) is 0 Å². The Bertz CT molecular complexity index is 260. The molecule has 0 spiro atoms. The van der Waals surface area contributed by atoms with E-state index in [-0.39, 0.29) is 17.7 Å². The van der Waals surface area contributed by atoms with Crippen molar-refractivity contribution in [3.63, 3.8) is 0 Å². The Balaban J connectivity index is 2.52. The Labute approximate surface area is 77.6 Å². The van der Waals surface area contributed by atoms with Gasteiger partial charge in [-0.05, 0) is 13.3 Å². The van der Waals surface area contributed by atoms with Gasteiger partial charge in [0.25, 0.3) is 5.91 Å². The third kappa shape index (κ3) is 2.08. The second-order valence-corrected chi connectivity index (χ2v) is 3.40. The molecule has 4 heteroatoms. The van der Waals surface area contributed by atoms with E-state index in [0.717, 1.165) is 6.42 Å². The molecule has 1 rings (SSSR count). The van der Waals surface area contributed by atoms with Crippen molar-refractivity contribution in [1.82, 2.24) is 10.4 Å². The van der Waals surface area contributed by atoms with Gasteiger partial charge in [-0.15, -0.1) is 0 Å². The molecule has 1 unspecified atom stereocenters.